The maximum Gasteiger partial charge on any atom is 0.232 e. The van der Waals surface area contributed by atoms with Gasteiger partial charge in [-0.15, -0.1) is 0 Å². The van der Waals surface area contributed by atoms with Crippen LogP contribution in [0.5, 0.6) is 0 Å². The number of carbonyl (C=O) groups is 1. The molecule has 0 aromatic heterocycles. The Morgan fingerprint density at radius 1 is 1.25 bits per heavy atom. The maximum absolute atomic E-state index is 12.4. The minimum atomic E-state index is -0.312. The molecule has 1 aromatic carbocycles. The van der Waals surface area contributed by atoms with Crippen LogP contribution in [0.25, 0.3) is 0 Å². The number of carbonyl (C=O) groups excluding carboxylic acids is 1. The predicted octanol–water partition coefficient (Wildman–Crippen LogP) is 1.65. The number of nitrogens with zero attached hydrogens (tertiary/aromatic N) is 2. The average molecular weight is 291 g/mol. The second kappa shape index (κ2) is 6.70. The zero-order valence-electron chi connectivity index (χ0n) is 11.8. The Hall–Kier alpha value is -1.62. The molecule has 0 spiro atoms. The molecule has 2 N–H and O–H groups in total. The van der Waals surface area contributed by atoms with Gasteiger partial charge in [-0.1, -0.05) is 37.3 Å². The number of anilines is 1. The van der Waals surface area contributed by atoms with Crippen molar-refractivity contribution in [2.45, 2.75) is 13.3 Å². The van der Waals surface area contributed by atoms with Crippen molar-refractivity contribution in [1.82, 2.24) is 4.90 Å². The molecule has 108 valence electrons. The molecule has 1 heterocycles. The van der Waals surface area contributed by atoms with Crippen molar-refractivity contribution >= 4 is 28.8 Å². The quantitative estimate of drug-likeness (QED) is 0.857. The first-order chi connectivity index (χ1) is 9.63. The van der Waals surface area contributed by atoms with Crippen molar-refractivity contribution in [3.63, 3.8) is 0 Å². The zero-order valence-corrected chi connectivity index (χ0v) is 12.6. The first kappa shape index (κ1) is 14.8. The number of para-hydroxylation sites is 1. The fourth-order valence-corrected chi connectivity index (χ4v) is 2.81. The highest BCUT2D eigenvalue weighted by Crippen LogP contribution is 2.17. The van der Waals surface area contributed by atoms with E-state index in [1.165, 1.54) is 5.69 Å². The molecule has 1 unspecified atom stereocenters. The molecule has 0 radical (unpaired) electrons. The molecular weight excluding hydrogens is 270 g/mol. The molecular formula is C15H21N3OS. The lowest BCUT2D eigenvalue weighted by molar-refractivity contribution is -0.133. The van der Waals surface area contributed by atoms with Crippen LogP contribution in [0.4, 0.5) is 5.69 Å². The Morgan fingerprint density at radius 3 is 2.35 bits per heavy atom. The number of thiocarbonyl (C=S) groups is 1. The molecule has 1 saturated heterocycles. The van der Waals surface area contributed by atoms with Crippen molar-refractivity contribution in [3.8, 4) is 0 Å². The van der Waals surface area contributed by atoms with Gasteiger partial charge in [0, 0.05) is 31.9 Å². The summed E-state index contributed by atoms with van der Waals surface area (Å²) in [5, 5.41) is 0. The minimum Gasteiger partial charge on any atom is -0.393 e. The third-order valence-electron chi connectivity index (χ3n) is 3.76. The number of hydrogen-bond acceptors (Lipinski definition) is 3. The zero-order chi connectivity index (χ0) is 14.5. The summed E-state index contributed by atoms with van der Waals surface area (Å²) in [7, 11) is 0. The summed E-state index contributed by atoms with van der Waals surface area (Å²) >= 11 is 4.98. The monoisotopic (exact) mass is 291 g/mol. The van der Waals surface area contributed by atoms with Crippen molar-refractivity contribution < 1.29 is 4.79 Å². The summed E-state index contributed by atoms with van der Waals surface area (Å²) in [4.78, 5) is 16.8. The molecule has 4 nitrogen and oxygen atoms in total. The molecule has 1 aliphatic heterocycles. The molecule has 1 amide bonds. The van der Waals surface area contributed by atoms with Gasteiger partial charge in [-0.25, -0.2) is 0 Å². The number of nitrogens with two attached hydrogens (primary N) is 1. The summed E-state index contributed by atoms with van der Waals surface area (Å²) in [5.41, 5.74) is 6.86. The predicted molar refractivity (Wildman–Crippen MR) is 85.8 cm³/mol. The molecule has 1 atom stereocenters. The van der Waals surface area contributed by atoms with E-state index in [2.05, 4.69) is 17.0 Å². The first-order valence-corrected chi connectivity index (χ1v) is 7.42. The van der Waals surface area contributed by atoms with Crippen LogP contribution in [0.1, 0.15) is 13.3 Å². The molecule has 0 saturated carbocycles. The third kappa shape index (κ3) is 3.28. The van der Waals surface area contributed by atoms with Crippen LogP contribution in [0.3, 0.4) is 0 Å². The van der Waals surface area contributed by atoms with Gasteiger partial charge in [0.25, 0.3) is 0 Å². The highest BCUT2D eigenvalue weighted by atomic mass is 32.1. The van der Waals surface area contributed by atoms with E-state index in [9.17, 15) is 4.79 Å². The van der Waals surface area contributed by atoms with Crippen molar-refractivity contribution in [1.29, 1.82) is 0 Å². The van der Waals surface area contributed by atoms with E-state index >= 15 is 0 Å². The molecule has 20 heavy (non-hydrogen) atoms. The van der Waals surface area contributed by atoms with Crippen LogP contribution in [0.15, 0.2) is 30.3 Å². The normalized spacial score (nSPS) is 16.9. The van der Waals surface area contributed by atoms with Crippen LogP contribution in [-0.4, -0.2) is 42.0 Å². The second-order valence-electron chi connectivity index (χ2n) is 5.01. The highest BCUT2D eigenvalue weighted by molar-refractivity contribution is 7.80. The summed E-state index contributed by atoms with van der Waals surface area (Å²) in [6, 6.07) is 10.3. The second-order valence-corrected chi connectivity index (χ2v) is 5.48. The molecule has 2 rings (SSSR count). The number of rotatable bonds is 4. The Balaban J connectivity index is 1.94. The standard InChI is InChI=1S/C15H21N3OS/c1-2-13(14(16)20)15(19)18-10-8-17(9-11-18)12-6-4-3-5-7-12/h3-7,13H,2,8-11H2,1H3,(H2,16,20). The highest BCUT2D eigenvalue weighted by Gasteiger charge is 2.27. The lowest BCUT2D eigenvalue weighted by Crippen LogP contribution is -2.51. The van der Waals surface area contributed by atoms with E-state index in [1.54, 1.807) is 0 Å². The van der Waals surface area contributed by atoms with Crippen LogP contribution < -0.4 is 10.6 Å². The number of hydrogen-bond donors (Lipinski definition) is 1. The van der Waals surface area contributed by atoms with Gasteiger partial charge < -0.3 is 15.5 Å². The molecule has 1 aliphatic rings. The lowest BCUT2D eigenvalue weighted by Gasteiger charge is -2.37. The van der Waals surface area contributed by atoms with E-state index in [-0.39, 0.29) is 11.8 Å². The van der Waals surface area contributed by atoms with Gasteiger partial charge in [0.05, 0.1) is 10.9 Å². The van der Waals surface area contributed by atoms with Crippen LogP contribution >= 0.6 is 12.2 Å². The number of benzene rings is 1. The average Bonchev–Trinajstić information content (AvgIpc) is 2.48. The van der Waals surface area contributed by atoms with Gasteiger partial charge in [-0.3, -0.25) is 4.79 Å². The van der Waals surface area contributed by atoms with E-state index in [1.807, 2.05) is 30.0 Å². The number of amides is 1. The molecule has 0 bridgehead atoms. The summed E-state index contributed by atoms with van der Waals surface area (Å²) in [6.45, 7) is 5.11. The largest absolute Gasteiger partial charge is 0.393 e. The van der Waals surface area contributed by atoms with Gasteiger partial charge in [0.15, 0.2) is 0 Å². The van der Waals surface area contributed by atoms with Crippen LogP contribution in [-0.2, 0) is 4.79 Å². The van der Waals surface area contributed by atoms with E-state index < -0.39 is 0 Å². The van der Waals surface area contributed by atoms with Gasteiger partial charge in [0.2, 0.25) is 5.91 Å². The van der Waals surface area contributed by atoms with Crippen molar-refractivity contribution in [3.05, 3.63) is 30.3 Å². The van der Waals surface area contributed by atoms with E-state index in [0.29, 0.717) is 11.4 Å². The van der Waals surface area contributed by atoms with Gasteiger partial charge >= 0.3 is 0 Å². The summed E-state index contributed by atoms with van der Waals surface area (Å²) in [6.07, 6.45) is 0.674. The maximum atomic E-state index is 12.4. The molecule has 1 fully saturated rings. The van der Waals surface area contributed by atoms with Gasteiger partial charge in [-0.2, -0.15) is 0 Å². The number of piperazine rings is 1. The van der Waals surface area contributed by atoms with E-state index in [0.717, 1.165) is 26.2 Å². The first-order valence-electron chi connectivity index (χ1n) is 7.01. The smallest absolute Gasteiger partial charge is 0.232 e. The Kier molecular flexibility index (Phi) is 4.95. The van der Waals surface area contributed by atoms with Gasteiger partial charge in [-0.05, 0) is 18.6 Å². The Morgan fingerprint density at radius 2 is 1.85 bits per heavy atom. The summed E-state index contributed by atoms with van der Waals surface area (Å²) < 4.78 is 0. The van der Waals surface area contributed by atoms with Crippen LogP contribution in [0.2, 0.25) is 0 Å². The fraction of sp³-hybridized carbons (Fsp3) is 0.467. The van der Waals surface area contributed by atoms with Crippen molar-refractivity contribution in [2.75, 3.05) is 31.1 Å². The lowest BCUT2D eigenvalue weighted by atomic mass is 10.0. The Labute approximate surface area is 125 Å². The SMILES string of the molecule is CCC(C(=O)N1CCN(c2ccccc2)CC1)C(N)=S. The third-order valence-corrected chi connectivity index (χ3v) is 4.05. The molecule has 1 aromatic rings. The van der Waals surface area contributed by atoms with E-state index in [4.69, 9.17) is 18.0 Å². The topological polar surface area (TPSA) is 49.6 Å². The van der Waals surface area contributed by atoms with Crippen LogP contribution in [0, 0.1) is 5.92 Å². The summed E-state index contributed by atoms with van der Waals surface area (Å²) in [5.74, 6) is -0.235. The van der Waals surface area contributed by atoms with Gasteiger partial charge in [0.1, 0.15) is 0 Å². The fourth-order valence-electron chi connectivity index (χ4n) is 2.54. The van der Waals surface area contributed by atoms with Crippen molar-refractivity contribution in [2.24, 2.45) is 11.7 Å². The molecule has 0 aliphatic carbocycles. The minimum absolute atomic E-state index is 0.0766. The molecule has 5 heteroatoms. The Bertz CT molecular complexity index is 469.